The standard InChI is InChI=1S/C29H44ClN7O5S/c1-36-28(33-34-35-36)43-19-25(38)24(16-20-8-4-3-5-9-20)32-27(39)37-14-7-11-22(18-37)26(21-10-6-12-23(30)17-21)42-15-13-31-29(40)41-2/h6,10,12,17,20,22,24-26,38H,3-5,7-9,11,13-16,18-19H2,1-2H3,(H,31,40)(H,32,39)/t22?,24-,25-,26?/m0/s1. The summed E-state index contributed by atoms with van der Waals surface area (Å²) in [4.78, 5) is 27.0. The summed E-state index contributed by atoms with van der Waals surface area (Å²) in [6, 6.07) is 7.02. The normalized spacial score (nSPS) is 19.8. The minimum atomic E-state index is -0.752. The molecule has 2 fully saturated rings. The van der Waals surface area contributed by atoms with Crippen molar-refractivity contribution in [3.05, 3.63) is 34.9 Å². The summed E-state index contributed by atoms with van der Waals surface area (Å²) in [6.07, 6.45) is 6.73. The Morgan fingerprint density at radius 3 is 2.74 bits per heavy atom. The molecule has 14 heteroatoms. The molecule has 43 heavy (non-hydrogen) atoms. The van der Waals surface area contributed by atoms with E-state index in [2.05, 4.69) is 30.9 Å². The van der Waals surface area contributed by atoms with Gasteiger partial charge in [-0.05, 0) is 53.3 Å². The molecule has 0 spiro atoms. The molecule has 2 aliphatic rings. The first-order chi connectivity index (χ1) is 20.8. The zero-order chi connectivity index (χ0) is 30.6. The van der Waals surface area contributed by atoms with Crippen LogP contribution in [0.4, 0.5) is 9.59 Å². The zero-order valence-electron chi connectivity index (χ0n) is 25.0. The molecule has 4 atom stereocenters. The lowest BCUT2D eigenvalue weighted by molar-refractivity contribution is -0.00897. The van der Waals surface area contributed by atoms with Gasteiger partial charge in [0.25, 0.3) is 0 Å². The number of ether oxygens (including phenoxy) is 2. The number of thioether (sulfide) groups is 1. The molecule has 1 aliphatic heterocycles. The number of carbonyl (C=O) groups excluding carboxylic acids is 2. The van der Waals surface area contributed by atoms with Gasteiger partial charge in [0.05, 0.1) is 32.0 Å². The third-order valence-corrected chi connectivity index (χ3v) is 9.60. The number of nitrogens with zero attached hydrogens (tertiary/aromatic N) is 5. The lowest BCUT2D eigenvalue weighted by Gasteiger charge is -2.38. The average Bonchev–Trinajstić information content (AvgIpc) is 3.44. The van der Waals surface area contributed by atoms with Crippen LogP contribution in [0.3, 0.4) is 0 Å². The highest BCUT2D eigenvalue weighted by atomic mass is 35.5. The maximum atomic E-state index is 13.7. The van der Waals surface area contributed by atoms with Crippen LogP contribution in [-0.2, 0) is 16.5 Å². The quantitative estimate of drug-likeness (QED) is 0.217. The van der Waals surface area contributed by atoms with Gasteiger partial charge in [0.15, 0.2) is 0 Å². The number of alkyl carbamates (subject to hydrolysis) is 1. The van der Waals surface area contributed by atoms with Gasteiger partial charge in [-0.3, -0.25) is 0 Å². The number of urea groups is 1. The molecule has 12 nitrogen and oxygen atoms in total. The monoisotopic (exact) mass is 637 g/mol. The van der Waals surface area contributed by atoms with Gasteiger partial charge < -0.3 is 30.1 Å². The average molecular weight is 638 g/mol. The number of aliphatic hydroxyl groups excluding tert-OH is 1. The number of amides is 3. The van der Waals surface area contributed by atoms with Crippen molar-refractivity contribution in [3.8, 4) is 0 Å². The molecule has 1 aromatic heterocycles. The maximum Gasteiger partial charge on any atom is 0.406 e. The van der Waals surface area contributed by atoms with Gasteiger partial charge in [-0.1, -0.05) is 67.6 Å². The lowest BCUT2D eigenvalue weighted by Crippen LogP contribution is -2.53. The second kappa shape index (κ2) is 17.0. The van der Waals surface area contributed by atoms with Crippen molar-refractivity contribution < 1.29 is 24.2 Å². The number of aryl methyl sites for hydroxylation is 1. The molecular formula is C29H44ClN7O5S. The van der Waals surface area contributed by atoms with Crippen molar-refractivity contribution >= 4 is 35.5 Å². The Bertz CT molecular complexity index is 1170. The number of hydrogen-bond donors (Lipinski definition) is 3. The fraction of sp³-hybridized carbons (Fsp3) is 0.690. The van der Waals surface area contributed by atoms with Crippen molar-refractivity contribution in [1.82, 2.24) is 35.7 Å². The van der Waals surface area contributed by atoms with Gasteiger partial charge in [-0.15, -0.1) is 5.10 Å². The summed E-state index contributed by atoms with van der Waals surface area (Å²) in [6.45, 7) is 1.70. The van der Waals surface area contributed by atoms with Crippen LogP contribution in [0.1, 0.15) is 63.0 Å². The molecule has 2 unspecified atom stereocenters. The first kappa shape index (κ1) is 33.3. The number of halogens is 1. The highest BCUT2D eigenvalue weighted by Gasteiger charge is 2.34. The Morgan fingerprint density at radius 1 is 1.21 bits per heavy atom. The van der Waals surface area contributed by atoms with Gasteiger partial charge in [-0.25, -0.2) is 14.3 Å². The number of aromatic nitrogens is 4. The Labute approximate surface area is 262 Å². The van der Waals surface area contributed by atoms with E-state index in [-0.39, 0.29) is 30.7 Å². The van der Waals surface area contributed by atoms with Gasteiger partial charge in [0.2, 0.25) is 5.16 Å². The van der Waals surface area contributed by atoms with Crippen LogP contribution in [0, 0.1) is 11.8 Å². The molecule has 4 rings (SSSR count). The maximum absolute atomic E-state index is 13.7. The fourth-order valence-corrected chi connectivity index (χ4v) is 7.07. The number of carbonyl (C=O) groups is 2. The molecule has 2 aromatic rings. The van der Waals surface area contributed by atoms with Gasteiger partial charge in [0, 0.05) is 43.4 Å². The van der Waals surface area contributed by atoms with Gasteiger partial charge in [0.1, 0.15) is 0 Å². The van der Waals surface area contributed by atoms with Crippen LogP contribution >= 0.6 is 23.4 Å². The molecule has 0 bridgehead atoms. The van der Waals surface area contributed by atoms with E-state index < -0.39 is 12.2 Å². The topological polar surface area (TPSA) is 144 Å². The number of hydrogen-bond acceptors (Lipinski definition) is 9. The number of benzene rings is 1. The van der Waals surface area contributed by atoms with Crippen LogP contribution < -0.4 is 10.6 Å². The highest BCUT2D eigenvalue weighted by Crippen LogP contribution is 2.34. The summed E-state index contributed by atoms with van der Waals surface area (Å²) in [5, 5.41) is 29.9. The minimum Gasteiger partial charge on any atom is -0.453 e. The van der Waals surface area contributed by atoms with E-state index in [4.69, 9.17) is 16.3 Å². The van der Waals surface area contributed by atoms with Crippen LogP contribution in [-0.4, -0.2) is 93.6 Å². The fourth-order valence-electron chi connectivity index (χ4n) is 6.00. The van der Waals surface area contributed by atoms with Gasteiger partial charge >= 0.3 is 12.1 Å². The predicted molar refractivity (Wildman–Crippen MR) is 164 cm³/mol. The lowest BCUT2D eigenvalue weighted by atomic mass is 9.84. The Morgan fingerprint density at radius 2 is 2.02 bits per heavy atom. The zero-order valence-corrected chi connectivity index (χ0v) is 26.6. The number of piperidine rings is 1. The van der Waals surface area contributed by atoms with E-state index in [0.29, 0.717) is 41.5 Å². The van der Waals surface area contributed by atoms with Crippen molar-refractivity contribution in [2.24, 2.45) is 18.9 Å². The molecule has 238 valence electrons. The SMILES string of the molecule is COC(=O)NCCOC(c1cccc(Cl)c1)C1CCCN(C(=O)N[C@@H](CC2CCCCC2)[C@@H](O)CSc2nnnn2C)C1. The molecule has 3 N–H and O–H groups in total. The number of aliphatic hydroxyl groups is 1. The second-order valence-electron chi connectivity index (χ2n) is 11.4. The van der Waals surface area contributed by atoms with E-state index in [1.54, 1.807) is 11.7 Å². The van der Waals surface area contributed by atoms with E-state index in [0.717, 1.165) is 37.7 Å². The minimum absolute atomic E-state index is 0.0248. The molecule has 1 aromatic carbocycles. The van der Waals surface area contributed by atoms with Crippen LogP contribution in [0.15, 0.2) is 29.4 Å². The number of nitrogens with one attached hydrogen (secondary N) is 2. The van der Waals surface area contributed by atoms with E-state index in [1.165, 1.54) is 38.1 Å². The summed E-state index contributed by atoms with van der Waals surface area (Å²) in [5.41, 5.74) is 0.929. The smallest absolute Gasteiger partial charge is 0.406 e. The van der Waals surface area contributed by atoms with E-state index >= 15 is 0 Å². The summed E-state index contributed by atoms with van der Waals surface area (Å²) < 4.78 is 12.5. The largest absolute Gasteiger partial charge is 0.453 e. The van der Waals surface area contributed by atoms with E-state index in [1.807, 2.05) is 29.2 Å². The Hall–Kier alpha value is -2.61. The molecule has 1 saturated carbocycles. The number of rotatable bonds is 13. The Kier molecular flexibility index (Phi) is 13.2. The van der Waals surface area contributed by atoms with Crippen molar-refractivity contribution in [2.45, 2.75) is 74.8 Å². The first-order valence-electron chi connectivity index (χ1n) is 15.1. The third-order valence-electron chi connectivity index (χ3n) is 8.25. The third kappa shape index (κ3) is 10.2. The molecular weight excluding hydrogens is 594 g/mol. The van der Waals surface area contributed by atoms with Gasteiger partial charge in [-0.2, -0.15) is 0 Å². The number of tetrazole rings is 1. The van der Waals surface area contributed by atoms with Crippen molar-refractivity contribution in [2.75, 3.05) is 39.1 Å². The van der Waals surface area contributed by atoms with Crippen LogP contribution in [0.5, 0.6) is 0 Å². The first-order valence-corrected chi connectivity index (χ1v) is 16.5. The second-order valence-corrected chi connectivity index (χ2v) is 12.8. The van der Waals surface area contributed by atoms with E-state index in [9.17, 15) is 14.7 Å². The number of methoxy groups -OCH3 is 1. The van der Waals surface area contributed by atoms with Crippen LogP contribution in [0.2, 0.25) is 5.02 Å². The molecule has 1 saturated heterocycles. The summed E-state index contributed by atoms with van der Waals surface area (Å²) in [7, 11) is 3.08. The molecule has 0 radical (unpaired) electrons. The summed E-state index contributed by atoms with van der Waals surface area (Å²) in [5.74, 6) is 0.874. The molecule has 1 aliphatic carbocycles. The predicted octanol–water partition coefficient (Wildman–Crippen LogP) is 4.19. The van der Waals surface area contributed by atoms with Crippen molar-refractivity contribution in [3.63, 3.8) is 0 Å². The number of likely N-dealkylation sites (tertiary alicyclic amines) is 1. The summed E-state index contributed by atoms with van der Waals surface area (Å²) >= 11 is 7.70. The molecule has 3 amide bonds. The van der Waals surface area contributed by atoms with Crippen molar-refractivity contribution in [1.29, 1.82) is 0 Å². The van der Waals surface area contributed by atoms with Crippen LogP contribution in [0.25, 0.3) is 0 Å². The highest BCUT2D eigenvalue weighted by molar-refractivity contribution is 7.99. The molecule has 2 heterocycles. The Balaban J connectivity index is 1.41.